The fourth-order valence-electron chi connectivity index (χ4n) is 2.35. The van der Waals surface area contributed by atoms with Crippen molar-refractivity contribution >= 4 is 34.0 Å². The fourth-order valence-corrected chi connectivity index (χ4v) is 3.05. The van der Waals surface area contributed by atoms with Gasteiger partial charge < -0.3 is 4.74 Å². The third kappa shape index (κ3) is 4.57. The summed E-state index contributed by atoms with van der Waals surface area (Å²) in [5, 5.41) is 20.9. The quantitative estimate of drug-likeness (QED) is 0.675. The van der Waals surface area contributed by atoms with E-state index in [1.807, 2.05) is 43.3 Å². The van der Waals surface area contributed by atoms with Gasteiger partial charge in [-0.25, -0.2) is 0 Å². The van der Waals surface area contributed by atoms with Crippen LogP contribution in [0.2, 0.25) is 0 Å². The minimum atomic E-state index is -0.265. The molecule has 0 aliphatic rings. The number of hydrogen-bond donors (Lipinski definition) is 1. The van der Waals surface area contributed by atoms with Crippen molar-refractivity contribution in [2.45, 2.75) is 6.92 Å². The number of benzene rings is 2. The van der Waals surface area contributed by atoms with Crippen LogP contribution in [0.3, 0.4) is 0 Å². The van der Waals surface area contributed by atoms with Crippen molar-refractivity contribution in [2.24, 2.45) is 0 Å². The Bertz CT molecular complexity index is 1030. The second-order valence-electron chi connectivity index (χ2n) is 5.68. The molecule has 7 heteroatoms. The summed E-state index contributed by atoms with van der Waals surface area (Å²) < 4.78 is 5.12. The fraction of sp³-hybridized carbons (Fsp3) is 0.100. The molecule has 27 heavy (non-hydrogen) atoms. The van der Waals surface area contributed by atoms with Crippen LogP contribution in [0.5, 0.6) is 5.75 Å². The molecule has 3 aromatic rings. The molecule has 0 fully saturated rings. The highest BCUT2D eigenvalue weighted by atomic mass is 32.1. The zero-order valence-corrected chi connectivity index (χ0v) is 15.6. The van der Waals surface area contributed by atoms with Gasteiger partial charge in [-0.3, -0.25) is 10.1 Å². The number of nitriles is 1. The van der Waals surface area contributed by atoms with Gasteiger partial charge in [0.1, 0.15) is 11.8 Å². The van der Waals surface area contributed by atoms with Gasteiger partial charge in [-0.2, -0.15) is 5.26 Å². The topological polar surface area (TPSA) is 87.9 Å². The smallest absolute Gasteiger partial charge is 0.257 e. The van der Waals surface area contributed by atoms with Gasteiger partial charge in [0.25, 0.3) is 5.91 Å². The molecule has 0 bridgehead atoms. The number of carbonyl (C=O) groups is 1. The highest BCUT2D eigenvalue weighted by molar-refractivity contribution is 7.16. The highest BCUT2D eigenvalue weighted by Gasteiger charge is 2.13. The first-order valence-electron chi connectivity index (χ1n) is 8.07. The van der Waals surface area contributed by atoms with Crippen LogP contribution in [-0.4, -0.2) is 23.2 Å². The predicted octanol–water partition coefficient (Wildman–Crippen LogP) is 4.17. The van der Waals surface area contributed by atoms with Gasteiger partial charge in [-0.05, 0) is 42.8 Å². The summed E-state index contributed by atoms with van der Waals surface area (Å²) in [4.78, 5) is 12.3. The van der Waals surface area contributed by atoms with Crippen LogP contribution in [0.4, 0.5) is 5.13 Å². The molecule has 0 unspecified atom stereocenters. The van der Waals surface area contributed by atoms with Crippen molar-refractivity contribution in [1.29, 1.82) is 5.26 Å². The monoisotopic (exact) mass is 376 g/mol. The maximum Gasteiger partial charge on any atom is 0.257 e. The van der Waals surface area contributed by atoms with Crippen molar-refractivity contribution in [3.05, 3.63) is 70.2 Å². The standard InChI is InChI=1S/C20H16N4O2S/c1-13-4-3-5-15(10-13)18(25)22-20-24-23-19(27-20)16(12-21)11-14-6-8-17(26-2)9-7-14/h3-11H,1-2H3,(H,22,24,25)/b16-11-. The van der Waals surface area contributed by atoms with E-state index in [2.05, 4.69) is 21.6 Å². The van der Waals surface area contributed by atoms with Gasteiger partial charge in [0, 0.05) is 5.56 Å². The molecule has 0 spiro atoms. The Morgan fingerprint density at radius 1 is 1.22 bits per heavy atom. The molecule has 1 amide bonds. The molecule has 1 heterocycles. The number of carbonyl (C=O) groups excluding carboxylic acids is 1. The summed E-state index contributed by atoms with van der Waals surface area (Å²) in [6.07, 6.45) is 1.71. The molecule has 1 aromatic heterocycles. The minimum absolute atomic E-state index is 0.265. The molecule has 134 valence electrons. The normalized spacial score (nSPS) is 10.9. The maximum absolute atomic E-state index is 12.3. The van der Waals surface area contributed by atoms with E-state index in [0.29, 0.717) is 21.3 Å². The summed E-state index contributed by atoms with van der Waals surface area (Å²) >= 11 is 1.15. The van der Waals surface area contributed by atoms with Crippen LogP contribution < -0.4 is 10.1 Å². The van der Waals surface area contributed by atoms with Gasteiger partial charge in [0.2, 0.25) is 5.13 Å². The van der Waals surface area contributed by atoms with E-state index in [4.69, 9.17) is 4.74 Å². The molecule has 0 aliphatic heterocycles. The Kier molecular flexibility index (Phi) is 5.59. The lowest BCUT2D eigenvalue weighted by atomic mass is 10.1. The molecule has 1 N–H and O–H groups in total. The second kappa shape index (κ2) is 8.25. The largest absolute Gasteiger partial charge is 0.497 e. The lowest BCUT2D eigenvalue weighted by molar-refractivity contribution is 0.102. The number of aryl methyl sites for hydroxylation is 1. The van der Waals surface area contributed by atoms with E-state index in [0.717, 1.165) is 28.2 Å². The summed E-state index contributed by atoms with van der Waals surface area (Å²) in [6.45, 7) is 1.92. The number of nitrogens with zero attached hydrogens (tertiary/aromatic N) is 3. The van der Waals surface area contributed by atoms with Crippen molar-refractivity contribution in [1.82, 2.24) is 10.2 Å². The van der Waals surface area contributed by atoms with E-state index < -0.39 is 0 Å². The molecule has 0 atom stereocenters. The van der Waals surface area contributed by atoms with E-state index in [9.17, 15) is 10.1 Å². The van der Waals surface area contributed by atoms with Gasteiger partial charge in [0.15, 0.2) is 5.01 Å². The second-order valence-corrected chi connectivity index (χ2v) is 6.66. The minimum Gasteiger partial charge on any atom is -0.497 e. The Hall–Kier alpha value is -3.50. The molecule has 6 nitrogen and oxygen atoms in total. The van der Waals surface area contributed by atoms with Crippen molar-refractivity contribution < 1.29 is 9.53 Å². The van der Waals surface area contributed by atoms with Crippen LogP contribution in [0.1, 0.15) is 26.5 Å². The summed E-state index contributed by atoms with van der Waals surface area (Å²) in [7, 11) is 1.60. The number of rotatable bonds is 5. The van der Waals surface area contributed by atoms with Crippen molar-refractivity contribution in [3.8, 4) is 11.8 Å². The van der Waals surface area contributed by atoms with E-state index in [1.54, 1.807) is 25.3 Å². The SMILES string of the molecule is COc1ccc(/C=C(/C#N)c2nnc(NC(=O)c3cccc(C)c3)s2)cc1. The van der Waals surface area contributed by atoms with Crippen LogP contribution >= 0.6 is 11.3 Å². The number of ether oxygens (including phenoxy) is 1. The van der Waals surface area contributed by atoms with Gasteiger partial charge in [-0.15, -0.1) is 10.2 Å². The zero-order chi connectivity index (χ0) is 19.2. The van der Waals surface area contributed by atoms with Crippen LogP contribution in [-0.2, 0) is 0 Å². The third-order valence-corrected chi connectivity index (χ3v) is 4.58. The molecule has 0 saturated heterocycles. The van der Waals surface area contributed by atoms with Crippen LogP contribution in [0.25, 0.3) is 11.6 Å². The average molecular weight is 376 g/mol. The van der Waals surface area contributed by atoms with Crippen LogP contribution in [0, 0.1) is 18.3 Å². The lowest BCUT2D eigenvalue weighted by Crippen LogP contribution is -2.11. The Labute approximate surface area is 160 Å². The first kappa shape index (κ1) is 18.3. The lowest BCUT2D eigenvalue weighted by Gasteiger charge is -2.01. The van der Waals surface area contributed by atoms with Crippen molar-refractivity contribution in [3.63, 3.8) is 0 Å². The molecule has 0 radical (unpaired) electrons. The molecular formula is C20H16N4O2S. The van der Waals surface area contributed by atoms with Gasteiger partial charge >= 0.3 is 0 Å². The van der Waals surface area contributed by atoms with Gasteiger partial charge in [0.05, 0.1) is 12.7 Å². The third-order valence-electron chi connectivity index (χ3n) is 3.70. The molecule has 2 aromatic carbocycles. The summed E-state index contributed by atoms with van der Waals surface area (Å²) in [6, 6.07) is 16.7. The Morgan fingerprint density at radius 3 is 2.67 bits per heavy atom. The van der Waals surface area contributed by atoms with E-state index in [-0.39, 0.29) is 5.91 Å². The molecule has 0 saturated carbocycles. The predicted molar refractivity (Wildman–Crippen MR) is 106 cm³/mol. The number of anilines is 1. The Morgan fingerprint density at radius 2 is 2.00 bits per heavy atom. The first-order valence-corrected chi connectivity index (χ1v) is 8.88. The van der Waals surface area contributed by atoms with Crippen LogP contribution in [0.15, 0.2) is 48.5 Å². The number of nitrogens with one attached hydrogen (secondary N) is 1. The number of allylic oxidation sites excluding steroid dienone is 1. The number of aromatic nitrogens is 2. The molecule has 3 rings (SSSR count). The number of hydrogen-bond acceptors (Lipinski definition) is 6. The maximum atomic E-state index is 12.3. The molecular weight excluding hydrogens is 360 g/mol. The van der Waals surface area contributed by atoms with E-state index >= 15 is 0 Å². The highest BCUT2D eigenvalue weighted by Crippen LogP contribution is 2.25. The van der Waals surface area contributed by atoms with Gasteiger partial charge in [-0.1, -0.05) is 41.2 Å². The summed E-state index contributed by atoms with van der Waals surface area (Å²) in [5.74, 6) is 0.474. The Balaban J connectivity index is 1.77. The molecule has 0 aliphatic carbocycles. The van der Waals surface area contributed by atoms with Crippen molar-refractivity contribution in [2.75, 3.05) is 12.4 Å². The zero-order valence-electron chi connectivity index (χ0n) is 14.8. The number of amides is 1. The number of methoxy groups -OCH3 is 1. The average Bonchev–Trinajstić information content (AvgIpc) is 3.14. The van der Waals surface area contributed by atoms with E-state index in [1.165, 1.54) is 0 Å². The summed E-state index contributed by atoms with van der Waals surface area (Å²) in [5.41, 5.74) is 2.75. The first-order chi connectivity index (χ1) is 13.1.